The minimum absolute atomic E-state index is 0.129. The fourth-order valence-corrected chi connectivity index (χ4v) is 2.51. The van der Waals surface area contributed by atoms with Gasteiger partial charge in [-0.05, 0) is 57.0 Å². The summed E-state index contributed by atoms with van der Waals surface area (Å²) in [4.78, 5) is 2.37. The molecule has 0 heterocycles. The molecule has 0 amide bonds. The SMILES string of the molecule is CNC(C)c1cc(F)c(C)cc1N(CCOC)C1CC1. The van der Waals surface area contributed by atoms with Crippen molar-refractivity contribution in [3.05, 3.63) is 29.1 Å². The van der Waals surface area contributed by atoms with E-state index in [0.29, 0.717) is 18.2 Å². The standard InChI is InChI=1S/C16H25FN2O/c1-11-9-16(14(10-15(11)17)12(2)18-3)19(7-8-20-4)13-5-6-13/h9-10,12-13,18H,5-8H2,1-4H3. The molecule has 0 bridgehead atoms. The molecule has 1 aliphatic rings. The van der Waals surface area contributed by atoms with Crippen LogP contribution in [0.25, 0.3) is 0 Å². The van der Waals surface area contributed by atoms with Crippen molar-refractivity contribution in [1.29, 1.82) is 0 Å². The van der Waals surface area contributed by atoms with Gasteiger partial charge in [0.05, 0.1) is 6.61 Å². The molecule has 3 nitrogen and oxygen atoms in total. The van der Waals surface area contributed by atoms with Crippen LogP contribution in [-0.4, -0.2) is 33.4 Å². The van der Waals surface area contributed by atoms with Gasteiger partial charge in [-0.3, -0.25) is 0 Å². The highest BCUT2D eigenvalue weighted by molar-refractivity contribution is 5.58. The first kappa shape index (κ1) is 15.3. The number of aryl methyl sites for hydroxylation is 1. The Morgan fingerprint density at radius 2 is 2.15 bits per heavy atom. The summed E-state index contributed by atoms with van der Waals surface area (Å²) in [5, 5.41) is 3.21. The minimum atomic E-state index is -0.131. The van der Waals surface area contributed by atoms with Crippen LogP contribution >= 0.6 is 0 Å². The molecule has 20 heavy (non-hydrogen) atoms. The normalized spacial score (nSPS) is 16.2. The quantitative estimate of drug-likeness (QED) is 0.831. The van der Waals surface area contributed by atoms with Gasteiger partial charge in [0.2, 0.25) is 0 Å². The molecule has 0 saturated heterocycles. The third-order valence-corrected chi connectivity index (χ3v) is 4.04. The van der Waals surface area contributed by atoms with Gasteiger partial charge >= 0.3 is 0 Å². The summed E-state index contributed by atoms with van der Waals surface area (Å²) < 4.78 is 19.1. The number of nitrogens with zero attached hydrogens (tertiary/aromatic N) is 1. The van der Waals surface area contributed by atoms with Crippen molar-refractivity contribution in [2.24, 2.45) is 0 Å². The van der Waals surface area contributed by atoms with Gasteiger partial charge in [-0.2, -0.15) is 0 Å². The number of methoxy groups -OCH3 is 1. The number of halogens is 1. The lowest BCUT2D eigenvalue weighted by molar-refractivity contribution is 0.205. The Balaban J connectivity index is 2.37. The fraction of sp³-hybridized carbons (Fsp3) is 0.625. The van der Waals surface area contributed by atoms with Crippen LogP contribution < -0.4 is 10.2 Å². The van der Waals surface area contributed by atoms with E-state index >= 15 is 0 Å². The Morgan fingerprint density at radius 3 is 2.70 bits per heavy atom. The Morgan fingerprint density at radius 1 is 1.45 bits per heavy atom. The highest BCUT2D eigenvalue weighted by atomic mass is 19.1. The number of nitrogens with one attached hydrogen (secondary N) is 1. The average molecular weight is 280 g/mol. The van der Waals surface area contributed by atoms with Crippen molar-refractivity contribution in [3.8, 4) is 0 Å². The monoisotopic (exact) mass is 280 g/mol. The van der Waals surface area contributed by atoms with Crippen molar-refractivity contribution in [2.75, 3.05) is 32.2 Å². The van der Waals surface area contributed by atoms with Crippen molar-refractivity contribution in [3.63, 3.8) is 0 Å². The molecule has 1 aromatic carbocycles. The van der Waals surface area contributed by atoms with Crippen molar-refractivity contribution < 1.29 is 9.13 Å². The van der Waals surface area contributed by atoms with E-state index < -0.39 is 0 Å². The third-order valence-electron chi connectivity index (χ3n) is 4.04. The van der Waals surface area contributed by atoms with Crippen molar-refractivity contribution in [2.45, 2.75) is 38.8 Å². The number of rotatable bonds is 7. The molecule has 112 valence electrons. The van der Waals surface area contributed by atoms with Crippen LogP contribution in [0.2, 0.25) is 0 Å². The highest BCUT2D eigenvalue weighted by Crippen LogP contribution is 2.36. The lowest BCUT2D eigenvalue weighted by Gasteiger charge is -2.29. The maximum absolute atomic E-state index is 13.9. The van der Waals surface area contributed by atoms with E-state index in [2.05, 4.69) is 17.1 Å². The first-order valence-electron chi connectivity index (χ1n) is 7.31. The van der Waals surface area contributed by atoms with Crippen LogP contribution in [0.15, 0.2) is 12.1 Å². The van der Waals surface area contributed by atoms with Gasteiger partial charge in [0.25, 0.3) is 0 Å². The van der Waals surface area contributed by atoms with Crippen LogP contribution in [0, 0.1) is 12.7 Å². The lowest BCUT2D eigenvalue weighted by atomic mass is 10.0. The summed E-state index contributed by atoms with van der Waals surface area (Å²) in [5.41, 5.74) is 2.87. The molecule has 1 unspecified atom stereocenters. The Labute approximate surface area is 121 Å². The van der Waals surface area contributed by atoms with Crippen LogP contribution in [0.5, 0.6) is 0 Å². The Hall–Kier alpha value is -1.13. The predicted octanol–water partition coefficient (Wildman–Crippen LogP) is 3.03. The van der Waals surface area contributed by atoms with Crippen LogP contribution in [0.4, 0.5) is 10.1 Å². The van der Waals surface area contributed by atoms with Crippen LogP contribution in [-0.2, 0) is 4.74 Å². The number of anilines is 1. The molecular weight excluding hydrogens is 255 g/mol. The molecule has 0 radical (unpaired) electrons. The van der Waals surface area contributed by atoms with E-state index in [9.17, 15) is 4.39 Å². The zero-order valence-electron chi connectivity index (χ0n) is 12.9. The molecule has 0 aliphatic heterocycles. The molecule has 1 fully saturated rings. The molecule has 1 N–H and O–H groups in total. The summed E-state index contributed by atoms with van der Waals surface area (Å²) in [6.07, 6.45) is 2.43. The van der Waals surface area contributed by atoms with Crippen LogP contribution in [0.3, 0.4) is 0 Å². The van der Waals surface area contributed by atoms with Gasteiger partial charge in [-0.15, -0.1) is 0 Å². The maximum Gasteiger partial charge on any atom is 0.126 e. The highest BCUT2D eigenvalue weighted by Gasteiger charge is 2.31. The summed E-state index contributed by atoms with van der Waals surface area (Å²) in [5.74, 6) is -0.131. The van der Waals surface area contributed by atoms with Crippen molar-refractivity contribution >= 4 is 5.69 Å². The summed E-state index contributed by atoms with van der Waals surface area (Å²) >= 11 is 0. The van der Waals surface area contributed by atoms with E-state index in [1.54, 1.807) is 13.2 Å². The molecule has 1 saturated carbocycles. The van der Waals surface area contributed by atoms with Gasteiger partial charge in [-0.1, -0.05) is 0 Å². The molecular formula is C16H25FN2O. The average Bonchev–Trinajstić information content (AvgIpc) is 3.26. The fourth-order valence-electron chi connectivity index (χ4n) is 2.51. The van der Waals surface area contributed by atoms with Crippen LogP contribution in [0.1, 0.15) is 36.9 Å². The zero-order chi connectivity index (χ0) is 14.7. The summed E-state index contributed by atoms with van der Waals surface area (Å²) in [6.45, 7) is 5.44. The first-order chi connectivity index (χ1) is 9.58. The van der Waals surface area contributed by atoms with Crippen molar-refractivity contribution in [1.82, 2.24) is 5.32 Å². The molecule has 1 atom stereocenters. The molecule has 4 heteroatoms. The van der Waals surface area contributed by atoms with Gasteiger partial charge in [0, 0.05) is 31.4 Å². The van der Waals surface area contributed by atoms with Gasteiger partial charge in [0.15, 0.2) is 0 Å². The molecule has 0 spiro atoms. The van der Waals surface area contributed by atoms with Gasteiger partial charge < -0.3 is 15.0 Å². The minimum Gasteiger partial charge on any atom is -0.383 e. The second kappa shape index (κ2) is 6.55. The van der Waals surface area contributed by atoms with Gasteiger partial charge in [0.1, 0.15) is 5.82 Å². The largest absolute Gasteiger partial charge is 0.383 e. The topological polar surface area (TPSA) is 24.5 Å². The van der Waals surface area contributed by atoms with E-state index in [0.717, 1.165) is 17.8 Å². The second-order valence-corrected chi connectivity index (χ2v) is 5.59. The molecule has 2 rings (SSSR count). The number of ether oxygens (including phenoxy) is 1. The number of benzene rings is 1. The summed E-state index contributed by atoms with van der Waals surface area (Å²) in [6, 6.07) is 4.36. The van der Waals surface area contributed by atoms with Gasteiger partial charge in [-0.25, -0.2) is 4.39 Å². The lowest BCUT2D eigenvalue weighted by Crippen LogP contribution is -2.31. The molecule has 1 aromatic rings. The smallest absolute Gasteiger partial charge is 0.126 e. The van der Waals surface area contributed by atoms with E-state index in [1.165, 1.54) is 12.8 Å². The molecule has 1 aliphatic carbocycles. The number of hydrogen-bond donors (Lipinski definition) is 1. The zero-order valence-corrected chi connectivity index (χ0v) is 12.9. The first-order valence-corrected chi connectivity index (χ1v) is 7.31. The maximum atomic E-state index is 13.9. The number of hydrogen-bond acceptors (Lipinski definition) is 3. The van der Waals surface area contributed by atoms with E-state index in [-0.39, 0.29) is 11.9 Å². The predicted molar refractivity (Wildman–Crippen MR) is 80.9 cm³/mol. The second-order valence-electron chi connectivity index (χ2n) is 5.59. The van der Waals surface area contributed by atoms with E-state index in [1.807, 2.05) is 20.0 Å². The summed E-state index contributed by atoms with van der Waals surface area (Å²) in [7, 11) is 3.63. The van der Waals surface area contributed by atoms with E-state index in [4.69, 9.17) is 4.74 Å². The Kier molecular flexibility index (Phi) is 5.00. The Bertz CT molecular complexity index is 460. The molecule has 0 aromatic heterocycles. The third kappa shape index (κ3) is 3.30.